The van der Waals surface area contributed by atoms with E-state index in [2.05, 4.69) is 38.2 Å². The summed E-state index contributed by atoms with van der Waals surface area (Å²) in [4.78, 5) is 18.2. The van der Waals surface area contributed by atoms with Crippen LogP contribution in [0.3, 0.4) is 0 Å². The summed E-state index contributed by atoms with van der Waals surface area (Å²) in [5, 5.41) is 18.3. The first-order chi connectivity index (χ1) is 10.3. The minimum absolute atomic E-state index is 0.627. The Morgan fingerprint density at radius 2 is 1.73 bits per heavy atom. The molecule has 0 aliphatic heterocycles. The number of nitrogens with one attached hydrogen (secondary N) is 1. The Labute approximate surface area is 131 Å². The lowest BCUT2D eigenvalue weighted by atomic mass is 10.1. The Bertz CT molecular complexity index is 471. The molecule has 0 aliphatic carbocycles. The molecule has 0 aliphatic rings. The normalized spacial score (nSPS) is 9.86. The van der Waals surface area contributed by atoms with E-state index >= 15 is 0 Å². The van der Waals surface area contributed by atoms with Crippen molar-refractivity contribution in [3.8, 4) is 5.75 Å². The zero-order valence-electron chi connectivity index (χ0n) is 13.5. The van der Waals surface area contributed by atoms with E-state index in [-0.39, 0.29) is 0 Å². The molecule has 0 unspecified atom stereocenters. The standard InChI is InChI=1S/C14H23NO.C2H2O4/c1-5-13(6-2)15-10-12-7-8-14(16-4)11(3)9-12;3-1(4)2(5)6/h7-9,13,15H,5-6,10H2,1-4H3;(H,3,4)(H,5,6). The number of ether oxygens (including phenoxy) is 1. The first-order valence-corrected chi connectivity index (χ1v) is 7.18. The third-order valence-corrected chi connectivity index (χ3v) is 3.22. The molecule has 0 aromatic heterocycles. The lowest BCUT2D eigenvalue weighted by molar-refractivity contribution is -0.159. The van der Waals surface area contributed by atoms with Gasteiger partial charge in [-0.05, 0) is 37.0 Å². The summed E-state index contributed by atoms with van der Waals surface area (Å²) in [6, 6.07) is 6.98. The van der Waals surface area contributed by atoms with Gasteiger partial charge in [0.15, 0.2) is 0 Å². The molecule has 1 rings (SSSR count). The highest BCUT2D eigenvalue weighted by Crippen LogP contribution is 2.18. The molecule has 0 bridgehead atoms. The highest BCUT2D eigenvalue weighted by molar-refractivity contribution is 6.27. The number of benzene rings is 1. The molecule has 1 aromatic rings. The van der Waals surface area contributed by atoms with Gasteiger partial charge in [-0.15, -0.1) is 0 Å². The molecule has 0 spiro atoms. The maximum atomic E-state index is 9.10. The van der Waals surface area contributed by atoms with E-state index in [0.717, 1.165) is 12.3 Å². The zero-order valence-corrected chi connectivity index (χ0v) is 13.5. The third-order valence-electron chi connectivity index (χ3n) is 3.22. The van der Waals surface area contributed by atoms with Gasteiger partial charge in [0.05, 0.1) is 7.11 Å². The summed E-state index contributed by atoms with van der Waals surface area (Å²) in [5.41, 5.74) is 2.52. The fourth-order valence-corrected chi connectivity index (χ4v) is 1.89. The van der Waals surface area contributed by atoms with Crippen LogP contribution in [0, 0.1) is 6.92 Å². The number of carboxylic acids is 2. The fourth-order valence-electron chi connectivity index (χ4n) is 1.89. The molecule has 6 nitrogen and oxygen atoms in total. The van der Waals surface area contributed by atoms with E-state index in [1.165, 1.54) is 24.0 Å². The Kier molecular flexibility index (Phi) is 9.61. The van der Waals surface area contributed by atoms with Gasteiger partial charge in [-0.3, -0.25) is 0 Å². The molecule has 0 saturated carbocycles. The van der Waals surface area contributed by atoms with Crippen LogP contribution in [0.4, 0.5) is 0 Å². The van der Waals surface area contributed by atoms with E-state index in [9.17, 15) is 0 Å². The Morgan fingerprint density at radius 1 is 1.18 bits per heavy atom. The van der Waals surface area contributed by atoms with Crippen LogP contribution in [-0.4, -0.2) is 35.3 Å². The molecule has 3 N–H and O–H groups in total. The van der Waals surface area contributed by atoms with Crippen LogP contribution < -0.4 is 10.1 Å². The van der Waals surface area contributed by atoms with E-state index in [0.29, 0.717) is 6.04 Å². The average molecular weight is 311 g/mol. The molecule has 0 heterocycles. The summed E-state index contributed by atoms with van der Waals surface area (Å²) < 4.78 is 5.25. The van der Waals surface area contributed by atoms with Gasteiger partial charge in [-0.1, -0.05) is 26.0 Å². The van der Waals surface area contributed by atoms with Crippen LogP contribution in [-0.2, 0) is 16.1 Å². The molecule has 6 heteroatoms. The van der Waals surface area contributed by atoms with Crippen LogP contribution in [0.25, 0.3) is 0 Å². The van der Waals surface area contributed by atoms with Gasteiger partial charge < -0.3 is 20.3 Å². The number of carbonyl (C=O) groups is 2. The second kappa shape index (κ2) is 10.6. The number of rotatable bonds is 6. The van der Waals surface area contributed by atoms with Crippen molar-refractivity contribution in [2.24, 2.45) is 0 Å². The number of aryl methyl sites for hydroxylation is 1. The predicted molar refractivity (Wildman–Crippen MR) is 84.2 cm³/mol. The zero-order chi connectivity index (χ0) is 17.1. The molecule has 0 amide bonds. The SMILES string of the molecule is CCC(CC)NCc1ccc(OC)c(C)c1.O=C(O)C(=O)O. The van der Waals surface area contributed by atoms with Crippen LogP contribution in [0.2, 0.25) is 0 Å². The van der Waals surface area contributed by atoms with Crippen molar-refractivity contribution < 1.29 is 24.5 Å². The Hall–Kier alpha value is -2.08. The van der Waals surface area contributed by atoms with Gasteiger partial charge in [-0.2, -0.15) is 0 Å². The summed E-state index contributed by atoms with van der Waals surface area (Å²) in [6.07, 6.45) is 2.37. The Balaban J connectivity index is 0.000000626. The van der Waals surface area contributed by atoms with Crippen LogP contribution in [0.15, 0.2) is 18.2 Å². The van der Waals surface area contributed by atoms with Crippen molar-refractivity contribution in [1.29, 1.82) is 0 Å². The van der Waals surface area contributed by atoms with Crippen LogP contribution in [0.1, 0.15) is 37.8 Å². The lowest BCUT2D eigenvalue weighted by Crippen LogP contribution is -2.26. The molecular weight excluding hydrogens is 286 g/mol. The van der Waals surface area contributed by atoms with Crippen LogP contribution in [0.5, 0.6) is 5.75 Å². The molecular formula is C16H25NO5. The van der Waals surface area contributed by atoms with Gasteiger partial charge in [0.2, 0.25) is 0 Å². The third kappa shape index (κ3) is 7.64. The molecule has 0 atom stereocenters. The molecule has 0 fully saturated rings. The van der Waals surface area contributed by atoms with E-state index in [1.54, 1.807) is 7.11 Å². The molecule has 124 valence electrons. The molecule has 0 saturated heterocycles. The van der Waals surface area contributed by atoms with Gasteiger partial charge in [-0.25, -0.2) is 9.59 Å². The summed E-state index contributed by atoms with van der Waals surface area (Å²) in [7, 11) is 1.71. The molecule has 1 aromatic carbocycles. The highest BCUT2D eigenvalue weighted by Gasteiger charge is 2.04. The fraction of sp³-hybridized carbons (Fsp3) is 0.500. The predicted octanol–water partition coefficient (Wildman–Crippen LogP) is 2.44. The van der Waals surface area contributed by atoms with Crippen molar-refractivity contribution >= 4 is 11.9 Å². The quantitative estimate of drug-likeness (QED) is 0.698. The largest absolute Gasteiger partial charge is 0.496 e. The second-order valence-corrected chi connectivity index (χ2v) is 4.81. The number of aliphatic carboxylic acids is 2. The van der Waals surface area contributed by atoms with Gasteiger partial charge in [0, 0.05) is 12.6 Å². The monoisotopic (exact) mass is 311 g/mol. The Morgan fingerprint density at radius 3 is 2.09 bits per heavy atom. The first-order valence-electron chi connectivity index (χ1n) is 7.18. The average Bonchev–Trinajstić information content (AvgIpc) is 2.49. The minimum Gasteiger partial charge on any atom is -0.496 e. The second-order valence-electron chi connectivity index (χ2n) is 4.81. The number of hydrogen-bond acceptors (Lipinski definition) is 4. The lowest BCUT2D eigenvalue weighted by Gasteiger charge is -2.15. The molecule has 22 heavy (non-hydrogen) atoms. The first kappa shape index (κ1) is 19.9. The van der Waals surface area contributed by atoms with Gasteiger partial charge >= 0.3 is 11.9 Å². The van der Waals surface area contributed by atoms with E-state index in [4.69, 9.17) is 24.5 Å². The van der Waals surface area contributed by atoms with Crippen molar-refractivity contribution in [1.82, 2.24) is 5.32 Å². The highest BCUT2D eigenvalue weighted by atomic mass is 16.5. The summed E-state index contributed by atoms with van der Waals surface area (Å²) in [5.74, 6) is -2.68. The van der Waals surface area contributed by atoms with Crippen molar-refractivity contribution in [3.05, 3.63) is 29.3 Å². The topological polar surface area (TPSA) is 95.9 Å². The van der Waals surface area contributed by atoms with Crippen molar-refractivity contribution in [3.63, 3.8) is 0 Å². The van der Waals surface area contributed by atoms with Crippen molar-refractivity contribution in [2.75, 3.05) is 7.11 Å². The summed E-state index contributed by atoms with van der Waals surface area (Å²) >= 11 is 0. The van der Waals surface area contributed by atoms with E-state index < -0.39 is 11.9 Å². The number of methoxy groups -OCH3 is 1. The summed E-state index contributed by atoms with van der Waals surface area (Å²) in [6.45, 7) is 7.47. The number of carboxylic acid groups (broad SMARTS) is 2. The van der Waals surface area contributed by atoms with E-state index in [1.807, 2.05) is 6.07 Å². The smallest absolute Gasteiger partial charge is 0.414 e. The van der Waals surface area contributed by atoms with Gasteiger partial charge in [0.25, 0.3) is 0 Å². The van der Waals surface area contributed by atoms with Crippen molar-refractivity contribution in [2.45, 2.75) is 46.2 Å². The number of hydrogen-bond donors (Lipinski definition) is 3. The maximum absolute atomic E-state index is 9.10. The molecule has 0 radical (unpaired) electrons. The van der Waals surface area contributed by atoms with Crippen LogP contribution >= 0.6 is 0 Å². The van der Waals surface area contributed by atoms with Gasteiger partial charge in [0.1, 0.15) is 5.75 Å². The maximum Gasteiger partial charge on any atom is 0.414 e. The minimum atomic E-state index is -1.82.